The molecule has 15 heavy (non-hydrogen) atoms. The van der Waals surface area contributed by atoms with Gasteiger partial charge in [-0.05, 0) is 52.6 Å². The lowest BCUT2D eigenvalue weighted by molar-refractivity contribution is 0.0893. The Morgan fingerprint density at radius 2 is 1.93 bits per heavy atom. The fraction of sp³-hybridized carbons (Fsp3) is 0.538. The van der Waals surface area contributed by atoms with Crippen LogP contribution in [0.1, 0.15) is 32.3 Å². The lowest BCUT2D eigenvalue weighted by Crippen LogP contribution is -2.05. The van der Waals surface area contributed by atoms with Gasteiger partial charge in [-0.15, -0.1) is 0 Å². The van der Waals surface area contributed by atoms with Crippen LogP contribution in [-0.4, -0.2) is 6.61 Å². The number of rotatable bonds is 6. The van der Waals surface area contributed by atoms with Gasteiger partial charge in [-0.25, -0.2) is 0 Å². The van der Waals surface area contributed by atoms with E-state index in [-0.39, 0.29) is 0 Å². The molecule has 0 fully saturated rings. The van der Waals surface area contributed by atoms with Gasteiger partial charge in [0, 0.05) is 10.2 Å². The summed E-state index contributed by atoms with van der Waals surface area (Å²) in [5.41, 5.74) is 1.26. The molecule has 84 valence electrons. The van der Waals surface area contributed by atoms with Crippen LogP contribution in [0, 0.1) is 9.49 Å². The molecule has 1 rings (SSSR count). The smallest absolute Gasteiger partial charge is 0.0717 e. The second-order valence-corrected chi connectivity index (χ2v) is 5.28. The van der Waals surface area contributed by atoms with Crippen LogP contribution in [-0.2, 0) is 11.3 Å². The molecule has 1 nitrogen and oxygen atoms in total. The first-order valence-corrected chi connectivity index (χ1v) is 6.62. The van der Waals surface area contributed by atoms with Crippen molar-refractivity contribution in [3.63, 3.8) is 0 Å². The molecule has 0 aliphatic rings. The molecule has 0 saturated carbocycles. The van der Waals surface area contributed by atoms with Crippen molar-refractivity contribution in [1.82, 2.24) is 0 Å². The summed E-state index contributed by atoms with van der Waals surface area (Å²) in [6, 6.07) is 8.50. The summed E-state index contributed by atoms with van der Waals surface area (Å²) in [5, 5.41) is 0. The lowest BCUT2D eigenvalue weighted by atomic mass is 10.1. The van der Waals surface area contributed by atoms with Gasteiger partial charge in [0.15, 0.2) is 0 Å². The standard InChI is InChI=1S/C13H19IO/c1-3-4-11(2)9-15-10-12-5-7-13(14)8-6-12/h5-8,11H,3-4,9-10H2,1-2H3. The van der Waals surface area contributed by atoms with Gasteiger partial charge >= 0.3 is 0 Å². The molecule has 1 aromatic rings. The molecule has 0 bridgehead atoms. The molecule has 0 aliphatic carbocycles. The van der Waals surface area contributed by atoms with E-state index in [1.807, 2.05) is 0 Å². The van der Waals surface area contributed by atoms with E-state index < -0.39 is 0 Å². The number of hydrogen-bond acceptors (Lipinski definition) is 1. The Labute approximate surface area is 106 Å². The van der Waals surface area contributed by atoms with Crippen LogP contribution in [0.15, 0.2) is 24.3 Å². The van der Waals surface area contributed by atoms with Gasteiger partial charge in [-0.1, -0.05) is 32.4 Å². The number of benzene rings is 1. The third-order valence-corrected chi connectivity index (χ3v) is 3.08. The number of ether oxygens (including phenoxy) is 1. The highest BCUT2D eigenvalue weighted by Crippen LogP contribution is 2.10. The molecule has 1 atom stereocenters. The molecule has 1 unspecified atom stereocenters. The zero-order chi connectivity index (χ0) is 11.1. The first kappa shape index (κ1) is 13.0. The highest BCUT2D eigenvalue weighted by atomic mass is 127. The van der Waals surface area contributed by atoms with E-state index in [0.29, 0.717) is 5.92 Å². The molecule has 2 heteroatoms. The third-order valence-electron chi connectivity index (χ3n) is 2.37. The van der Waals surface area contributed by atoms with E-state index in [1.165, 1.54) is 22.0 Å². The first-order chi connectivity index (χ1) is 7.22. The van der Waals surface area contributed by atoms with Gasteiger partial charge in [0.1, 0.15) is 0 Å². The topological polar surface area (TPSA) is 9.23 Å². The summed E-state index contributed by atoms with van der Waals surface area (Å²) >= 11 is 2.31. The molecular formula is C13H19IO. The van der Waals surface area contributed by atoms with E-state index in [2.05, 4.69) is 60.7 Å². The second kappa shape index (κ2) is 7.23. The van der Waals surface area contributed by atoms with Gasteiger partial charge in [0.2, 0.25) is 0 Å². The average molecular weight is 318 g/mol. The number of halogens is 1. The monoisotopic (exact) mass is 318 g/mol. The van der Waals surface area contributed by atoms with Gasteiger partial charge in [0.05, 0.1) is 6.61 Å². The highest BCUT2D eigenvalue weighted by molar-refractivity contribution is 14.1. The van der Waals surface area contributed by atoms with Crippen molar-refractivity contribution in [2.24, 2.45) is 5.92 Å². The van der Waals surface area contributed by atoms with Crippen molar-refractivity contribution in [2.45, 2.75) is 33.3 Å². The Balaban J connectivity index is 2.22. The minimum atomic E-state index is 0.679. The van der Waals surface area contributed by atoms with Gasteiger partial charge in [-0.3, -0.25) is 0 Å². The van der Waals surface area contributed by atoms with Crippen LogP contribution in [0.25, 0.3) is 0 Å². The molecule has 0 aliphatic heterocycles. The normalized spacial score (nSPS) is 12.7. The SMILES string of the molecule is CCCC(C)COCc1ccc(I)cc1. The Morgan fingerprint density at radius 1 is 1.27 bits per heavy atom. The van der Waals surface area contributed by atoms with Crippen LogP contribution in [0.4, 0.5) is 0 Å². The van der Waals surface area contributed by atoms with Crippen molar-refractivity contribution in [2.75, 3.05) is 6.61 Å². The fourth-order valence-corrected chi connectivity index (χ4v) is 1.89. The van der Waals surface area contributed by atoms with Crippen molar-refractivity contribution in [3.05, 3.63) is 33.4 Å². The molecule has 0 heterocycles. The van der Waals surface area contributed by atoms with Gasteiger partial charge in [0.25, 0.3) is 0 Å². The summed E-state index contributed by atoms with van der Waals surface area (Å²) in [5.74, 6) is 0.679. The predicted molar refractivity (Wildman–Crippen MR) is 72.9 cm³/mol. The maximum atomic E-state index is 5.67. The summed E-state index contributed by atoms with van der Waals surface area (Å²) in [7, 11) is 0. The molecule has 0 saturated heterocycles. The summed E-state index contributed by atoms with van der Waals surface area (Å²) in [6.07, 6.45) is 2.50. The van der Waals surface area contributed by atoms with E-state index in [9.17, 15) is 0 Å². The van der Waals surface area contributed by atoms with Crippen LogP contribution < -0.4 is 0 Å². The molecule has 0 amide bonds. The largest absolute Gasteiger partial charge is 0.376 e. The Morgan fingerprint density at radius 3 is 2.53 bits per heavy atom. The summed E-state index contributed by atoms with van der Waals surface area (Å²) in [6.45, 7) is 6.08. The molecule has 0 radical (unpaired) electrons. The summed E-state index contributed by atoms with van der Waals surface area (Å²) < 4.78 is 6.95. The van der Waals surface area contributed by atoms with Crippen LogP contribution >= 0.6 is 22.6 Å². The maximum absolute atomic E-state index is 5.67. The second-order valence-electron chi connectivity index (χ2n) is 4.04. The van der Waals surface area contributed by atoms with Crippen molar-refractivity contribution in [1.29, 1.82) is 0 Å². The zero-order valence-corrected chi connectivity index (χ0v) is 11.7. The summed E-state index contributed by atoms with van der Waals surface area (Å²) in [4.78, 5) is 0. The van der Waals surface area contributed by atoms with Crippen LogP contribution in [0.5, 0.6) is 0 Å². The third kappa shape index (κ3) is 5.52. The van der Waals surface area contributed by atoms with Crippen LogP contribution in [0.3, 0.4) is 0 Å². The first-order valence-electron chi connectivity index (χ1n) is 5.54. The molecule has 0 N–H and O–H groups in total. The minimum absolute atomic E-state index is 0.679. The van der Waals surface area contributed by atoms with Gasteiger partial charge < -0.3 is 4.74 Å². The fourth-order valence-electron chi connectivity index (χ4n) is 1.53. The van der Waals surface area contributed by atoms with E-state index in [1.54, 1.807) is 0 Å². The van der Waals surface area contributed by atoms with E-state index in [0.717, 1.165) is 13.2 Å². The van der Waals surface area contributed by atoms with E-state index in [4.69, 9.17) is 4.74 Å². The molecule has 0 spiro atoms. The van der Waals surface area contributed by atoms with Crippen molar-refractivity contribution in [3.8, 4) is 0 Å². The van der Waals surface area contributed by atoms with Crippen molar-refractivity contribution < 1.29 is 4.74 Å². The van der Waals surface area contributed by atoms with Gasteiger partial charge in [-0.2, -0.15) is 0 Å². The van der Waals surface area contributed by atoms with Crippen LogP contribution in [0.2, 0.25) is 0 Å². The molecular weight excluding hydrogens is 299 g/mol. The maximum Gasteiger partial charge on any atom is 0.0717 e. The quantitative estimate of drug-likeness (QED) is 0.713. The molecule has 1 aromatic carbocycles. The average Bonchev–Trinajstić information content (AvgIpc) is 2.21. The lowest BCUT2D eigenvalue weighted by Gasteiger charge is -2.10. The number of hydrogen-bond donors (Lipinski definition) is 0. The molecule has 0 aromatic heterocycles. The zero-order valence-electron chi connectivity index (χ0n) is 9.50. The van der Waals surface area contributed by atoms with Crippen molar-refractivity contribution >= 4 is 22.6 Å². The van der Waals surface area contributed by atoms with E-state index >= 15 is 0 Å². The Hall–Kier alpha value is -0.0900. The highest BCUT2D eigenvalue weighted by Gasteiger charge is 2.00. The predicted octanol–water partition coefficient (Wildman–Crippen LogP) is 4.24. The Bertz CT molecular complexity index is 268. The Kier molecular flexibility index (Phi) is 6.25. The minimum Gasteiger partial charge on any atom is -0.376 e.